The number of anilines is 1. The number of nitrogens with one attached hydrogen (secondary N) is 1. The first-order valence-electron chi connectivity index (χ1n) is 5.04. The van der Waals surface area contributed by atoms with Crippen molar-refractivity contribution in [2.24, 2.45) is 0 Å². The Morgan fingerprint density at radius 2 is 2.41 bits per heavy atom. The van der Waals surface area contributed by atoms with E-state index in [-0.39, 0.29) is 5.82 Å². The molecule has 88 valence electrons. The van der Waals surface area contributed by atoms with E-state index in [1.54, 1.807) is 16.9 Å². The van der Waals surface area contributed by atoms with Crippen molar-refractivity contribution in [2.45, 2.75) is 13.5 Å². The largest absolute Gasteiger partial charge is 0.336 e. The Bertz CT molecular complexity index is 538. The zero-order valence-electron chi connectivity index (χ0n) is 9.22. The molecule has 0 saturated carbocycles. The van der Waals surface area contributed by atoms with Crippen LogP contribution in [0.4, 0.5) is 10.2 Å². The number of rotatable bonds is 4. The molecular formula is C11H11FN4S. The molecule has 17 heavy (non-hydrogen) atoms. The highest BCUT2D eigenvalue weighted by molar-refractivity contribution is 7.79. The van der Waals surface area contributed by atoms with Crippen molar-refractivity contribution < 1.29 is 4.39 Å². The Labute approximate surface area is 103 Å². The highest BCUT2D eigenvalue weighted by Crippen LogP contribution is 2.11. The summed E-state index contributed by atoms with van der Waals surface area (Å²) in [5.74, 6) is 0.320. The van der Waals surface area contributed by atoms with Gasteiger partial charge in [-0.1, -0.05) is 12.2 Å². The lowest BCUT2D eigenvalue weighted by Gasteiger charge is -2.04. The van der Waals surface area contributed by atoms with Crippen molar-refractivity contribution in [1.29, 1.82) is 0 Å². The van der Waals surface area contributed by atoms with Gasteiger partial charge in [0.2, 0.25) is 0 Å². The summed E-state index contributed by atoms with van der Waals surface area (Å²) in [4.78, 5) is 3.99. The number of thiocarbonyl (C=S) groups is 1. The molecule has 1 N–H and O–H groups in total. The van der Waals surface area contributed by atoms with Gasteiger partial charge < -0.3 is 5.32 Å². The smallest absolute Gasteiger partial charge is 0.152 e. The maximum absolute atomic E-state index is 13.4. The summed E-state index contributed by atoms with van der Waals surface area (Å²) in [5.41, 5.74) is 2.66. The van der Waals surface area contributed by atoms with Crippen molar-refractivity contribution in [3.63, 3.8) is 0 Å². The van der Waals surface area contributed by atoms with E-state index in [0.717, 1.165) is 5.69 Å². The average molecular weight is 250 g/mol. The van der Waals surface area contributed by atoms with Gasteiger partial charge in [-0.2, -0.15) is 5.10 Å². The van der Waals surface area contributed by atoms with Crippen LogP contribution in [0.15, 0.2) is 24.4 Å². The van der Waals surface area contributed by atoms with Crippen LogP contribution in [0.3, 0.4) is 0 Å². The zero-order chi connectivity index (χ0) is 12.3. The molecule has 0 unspecified atom stereocenters. The van der Waals surface area contributed by atoms with Crippen molar-refractivity contribution in [3.05, 3.63) is 41.6 Å². The normalized spacial score (nSPS) is 10.2. The number of aryl methyl sites for hydroxylation is 1. The minimum Gasteiger partial charge on any atom is -0.336 e. The fraction of sp³-hybridized carbons (Fsp3) is 0.182. The van der Waals surface area contributed by atoms with Gasteiger partial charge in [0, 0.05) is 18.0 Å². The van der Waals surface area contributed by atoms with E-state index in [0.29, 0.717) is 18.1 Å². The van der Waals surface area contributed by atoms with E-state index in [1.807, 2.05) is 13.0 Å². The van der Waals surface area contributed by atoms with E-state index in [1.165, 1.54) is 11.6 Å². The number of halogens is 1. The Hall–Kier alpha value is -1.82. The van der Waals surface area contributed by atoms with Gasteiger partial charge in [-0.25, -0.2) is 4.39 Å². The van der Waals surface area contributed by atoms with Gasteiger partial charge in [-0.15, -0.1) is 0 Å². The van der Waals surface area contributed by atoms with Crippen molar-refractivity contribution >= 4 is 23.5 Å². The molecule has 0 fully saturated rings. The maximum Gasteiger partial charge on any atom is 0.152 e. The zero-order valence-corrected chi connectivity index (χ0v) is 10.0. The molecule has 0 radical (unpaired) electrons. The quantitative estimate of drug-likeness (QED) is 0.844. The molecule has 4 nitrogen and oxygen atoms in total. The minimum absolute atomic E-state index is 0.303. The second-order valence-electron chi connectivity index (χ2n) is 3.52. The fourth-order valence-corrected chi connectivity index (χ4v) is 1.60. The SMILES string of the molecule is Cc1cc(NC=S)nn1Cc1ncccc1F. The van der Waals surface area contributed by atoms with E-state index < -0.39 is 0 Å². The van der Waals surface area contributed by atoms with Gasteiger partial charge in [0.15, 0.2) is 5.82 Å². The summed E-state index contributed by atoms with van der Waals surface area (Å²) in [6.45, 7) is 2.19. The molecule has 6 heteroatoms. The molecule has 0 amide bonds. The van der Waals surface area contributed by atoms with Gasteiger partial charge in [-0.05, 0) is 19.1 Å². The van der Waals surface area contributed by atoms with Crippen LogP contribution in [-0.4, -0.2) is 20.3 Å². The highest BCUT2D eigenvalue weighted by atomic mass is 32.1. The molecule has 2 heterocycles. The van der Waals surface area contributed by atoms with Crippen LogP contribution in [0.5, 0.6) is 0 Å². The first-order valence-corrected chi connectivity index (χ1v) is 5.52. The van der Waals surface area contributed by atoms with Gasteiger partial charge in [0.1, 0.15) is 5.82 Å². The van der Waals surface area contributed by atoms with E-state index in [9.17, 15) is 4.39 Å². The summed E-state index contributed by atoms with van der Waals surface area (Å²) >= 11 is 4.68. The number of hydrogen-bond acceptors (Lipinski definition) is 3. The molecule has 0 spiro atoms. The van der Waals surface area contributed by atoms with Crippen LogP contribution in [0.2, 0.25) is 0 Å². The molecule has 0 bridgehead atoms. The van der Waals surface area contributed by atoms with Crippen LogP contribution in [0, 0.1) is 12.7 Å². The van der Waals surface area contributed by atoms with Crippen LogP contribution < -0.4 is 5.32 Å². The molecule has 0 aliphatic rings. The number of pyridine rings is 1. The second-order valence-corrected chi connectivity index (χ2v) is 3.76. The van der Waals surface area contributed by atoms with E-state index >= 15 is 0 Å². The molecular weight excluding hydrogens is 239 g/mol. The van der Waals surface area contributed by atoms with Crippen LogP contribution in [-0.2, 0) is 6.54 Å². The molecule has 2 aromatic rings. The number of hydrogen-bond donors (Lipinski definition) is 1. The van der Waals surface area contributed by atoms with Gasteiger partial charge in [-0.3, -0.25) is 9.67 Å². The van der Waals surface area contributed by atoms with Crippen LogP contribution in [0.1, 0.15) is 11.4 Å². The standard InChI is InChI=1S/C11H11FN4S/c1-8-5-11(14-7-17)15-16(8)6-10-9(12)3-2-4-13-10/h2-5,7H,6H2,1H3,(H,14,15,17). The van der Waals surface area contributed by atoms with Gasteiger partial charge >= 0.3 is 0 Å². The van der Waals surface area contributed by atoms with E-state index in [2.05, 4.69) is 27.6 Å². The van der Waals surface area contributed by atoms with Gasteiger partial charge in [0.05, 0.1) is 17.7 Å². The first-order chi connectivity index (χ1) is 8.20. The predicted octanol–water partition coefficient (Wildman–Crippen LogP) is 2.14. The Morgan fingerprint density at radius 1 is 1.59 bits per heavy atom. The average Bonchev–Trinajstić information content (AvgIpc) is 2.63. The third-order valence-corrected chi connectivity index (χ3v) is 2.44. The van der Waals surface area contributed by atoms with Crippen molar-refractivity contribution in [1.82, 2.24) is 14.8 Å². The lowest BCUT2D eigenvalue weighted by molar-refractivity contribution is 0.566. The predicted molar refractivity (Wildman–Crippen MR) is 67.5 cm³/mol. The molecule has 0 atom stereocenters. The summed E-state index contributed by atoms with van der Waals surface area (Å²) in [7, 11) is 0. The van der Waals surface area contributed by atoms with Gasteiger partial charge in [0.25, 0.3) is 0 Å². The monoisotopic (exact) mass is 250 g/mol. The molecule has 0 aliphatic carbocycles. The van der Waals surface area contributed by atoms with E-state index in [4.69, 9.17) is 0 Å². The Morgan fingerprint density at radius 3 is 3.12 bits per heavy atom. The summed E-state index contributed by atoms with van der Waals surface area (Å²) in [6.07, 6.45) is 1.56. The summed E-state index contributed by atoms with van der Waals surface area (Å²) in [6, 6.07) is 4.79. The second kappa shape index (κ2) is 5.01. The lowest BCUT2D eigenvalue weighted by atomic mass is 10.3. The topological polar surface area (TPSA) is 42.7 Å². The number of aromatic nitrogens is 3. The molecule has 2 rings (SSSR count). The lowest BCUT2D eigenvalue weighted by Crippen LogP contribution is -2.07. The first kappa shape index (κ1) is 11.7. The van der Waals surface area contributed by atoms with Crippen molar-refractivity contribution in [2.75, 3.05) is 5.32 Å². The van der Waals surface area contributed by atoms with Crippen LogP contribution >= 0.6 is 12.2 Å². The third kappa shape index (κ3) is 2.65. The third-order valence-electron chi connectivity index (χ3n) is 2.32. The van der Waals surface area contributed by atoms with Crippen molar-refractivity contribution in [3.8, 4) is 0 Å². The van der Waals surface area contributed by atoms with Crippen LogP contribution in [0.25, 0.3) is 0 Å². The number of nitrogens with zero attached hydrogens (tertiary/aromatic N) is 3. The fourth-order valence-electron chi connectivity index (χ4n) is 1.48. The Kier molecular flexibility index (Phi) is 3.43. The Balaban J connectivity index is 2.24. The molecule has 0 aliphatic heterocycles. The molecule has 0 saturated heterocycles. The summed E-state index contributed by atoms with van der Waals surface area (Å²) in [5, 5.41) is 7.05. The molecule has 0 aromatic carbocycles. The summed E-state index contributed by atoms with van der Waals surface area (Å²) < 4.78 is 15.1. The maximum atomic E-state index is 13.4. The molecule has 2 aromatic heterocycles. The minimum atomic E-state index is -0.327. The highest BCUT2D eigenvalue weighted by Gasteiger charge is 2.07.